The molecule has 0 aliphatic carbocycles. The Hall–Kier alpha value is -1.93. The lowest BCUT2D eigenvalue weighted by Gasteiger charge is -2.16. The third-order valence-electron chi connectivity index (χ3n) is 4.80. The fraction of sp³-hybridized carbons (Fsp3) is 0.381. The number of benzene rings is 1. The number of imidazole rings is 1. The highest BCUT2D eigenvalue weighted by atomic mass is 35.5. The van der Waals surface area contributed by atoms with Crippen molar-refractivity contribution >= 4 is 69.4 Å². The van der Waals surface area contributed by atoms with Crippen LogP contribution in [-0.4, -0.2) is 33.3 Å². The number of esters is 2. The first-order valence-corrected chi connectivity index (χ1v) is 11.2. The molecule has 0 saturated heterocycles. The van der Waals surface area contributed by atoms with Crippen LogP contribution < -0.4 is 5.69 Å². The quantitative estimate of drug-likeness (QED) is 0.179. The van der Waals surface area contributed by atoms with Crippen molar-refractivity contribution in [2.24, 2.45) is 0 Å². The van der Waals surface area contributed by atoms with Crippen molar-refractivity contribution in [3.8, 4) is 0 Å². The minimum Gasteiger partial charge on any atom is -0.457 e. The number of nitrogens with zero attached hydrogens (tertiary/aromatic N) is 2. The van der Waals surface area contributed by atoms with Crippen molar-refractivity contribution in [3.05, 3.63) is 55.9 Å². The second kappa shape index (κ2) is 11.3. The molecular formula is C21H22Cl4N2O5. The van der Waals surface area contributed by atoms with Crippen molar-refractivity contribution in [2.45, 2.75) is 52.0 Å². The van der Waals surface area contributed by atoms with Crippen LogP contribution in [0.2, 0.25) is 20.1 Å². The first-order valence-electron chi connectivity index (χ1n) is 9.72. The van der Waals surface area contributed by atoms with Crippen LogP contribution in [0.5, 0.6) is 0 Å². The van der Waals surface area contributed by atoms with Crippen molar-refractivity contribution in [1.82, 2.24) is 9.13 Å². The molecule has 7 nitrogen and oxygen atoms in total. The fourth-order valence-electron chi connectivity index (χ4n) is 3.11. The number of hydrogen-bond donors (Lipinski definition) is 0. The highest BCUT2D eigenvalue weighted by Crippen LogP contribution is 2.43. The van der Waals surface area contributed by atoms with Crippen LogP contribution in [0.25, 0.3) is 11.0 Å². The second-order valence-corrected chi connectivity index (χ2v) is 8.31. The zero-order valence-corrected chi connectivity index (χ0v) is 20.5. The summed E-state index contributed by atoms with van der Waals surface area (Å²) in [6, 6.07) is 0. The maximum Gasteiger partial charge on any atom is 0.330 e. The van der Waals surface area contributed by atoms with Crippen LogP contribution >= 0.6 is 46.4 Å². The first-order chi connectivity index (χ1) is 15.1. The van der Waals surface area contributed by atoms with Crippen LogP contribution in [0.15, 0.2) is 30.1 Å². The molecular weight excluding hydrogens is 502 g/mol. The Morgan fingerprint density at radius 3 is 1.44 bits per heavy atom. The molecule has 0 amide bonds. The Labute approximate surface area is 205 Å². The number of carbonyl (C=O) groups is 2. The summed E-state index contributed by atoms with van der Waals surface area (Å²) in [5, 5.41) is 0.0110. The molecule has 0 radical (unpaired) electrons. The average Bonchev–Trinajstić information content (AvgIpc) is 3.06. The van der Waals surface area contributed by atoms with E-state index in [0.29, 0.717) is 12.8 Å². The largest absolute Gasteiger partial charge is 0.457 e. The molecule has 2 aromatic rings. The second-order valence-electron chi connectivity index (χ2n) is 6.80. The van der Waals surface area contributed by atoms with Gasteiger partial charge in [0.2, 0.25) is 0 Å². The van der Waals surface area contributed by atoms with Crippen LogP contribution in [0.3, 0.4) is 0 Å². The summed E-state index contributed by atoms with van der Waals surface area (Å²) in [7, 11) is 0. The average molecular weight is 524 g/mol. The Morgan fingerprint density at radius 2 is 1.16 bits per heavy atom. The molecule has 1 aromatic heterocycles. The standard InChI is InChI=1S/C21H22Cl4N2O5/c1-5-11(31-13(28)7-3)9-26-19-17(24)15(22)16(23)18(25)20(19)27(21(26)30)10-12(6-2)32-14(29)8-4/h7-8,11-12H,3-6,9-10H2,1-2H3. The molecule has 1 heterocycles. The molecule has 0 aliphatic heterocycles. The molecule has 0 aliphatic rings. The topological polar surface area (TPSA) is 79.5 Å². The summed E-state index contributed by atoms with van der Waals surface area (Å²) in [6.07, 6.45) is 1.60. The Kier molecular flexibility index (Phi) is 9.28. The molecule has 2 unspecified atom stereocenters. The number of carbonyl (C=O) groups excluding carboxylic acids is 2. The van der Waals surface area contributed by atoms with Crippen molar-refractivity contribution in [2.75, 3.05) is 0 Å². The van der Waals surface area contributed by atoms with E-state index >= 15 is 0 Å². The van der Waals surface area contributed by atoms with Crippen LogP contribution in [0.1, 0.15) is 26.7 Å². The van der Waals surface area contributed by atoms with Gasteiger partial charge in [-0.05, 0) is 12.8 Å². The van der Waals surface area contributed by atoms with Crippen molar-refractivity contribution < 1.29 is 19.1 Å². The summed E-state index contributed by atoms with van der Waals surface area (Å²) in [5.41, 5.74) is -0.0496. The van der Waals surface area contributed by atoms with E-state index in [1.54, 1.807) is 13.8 Å². The lowest BCUT2D eigenvalue weighted by Crippen LogP contribution is -2.33. The van der Waals surface area contributed by atoms with Gasteiger partial charge in [-0.15, -0.1) is 0 Å². The monoisotopic (exact) mass is 522 g/mol. The van der Waals surface area contributed by atoms with E-state index in [1.165, 1.54) is 9.13 Å². The van der Waals surface area contributed by atoms with E-state index < -0.39 is 29.8 Å². The minimum atomic E-state index is -0.651. The van der Waals surface area contributed by atoms with Gasteiger partial charge in [0, 0.05) is 12.2 Å². The van der Waals surface area contributed by atoms with Gasteiger partial charge in [0.25, 0.3) is 0 Å². The van der Waals surface area contributed by atoms with Crippen molar-refractivity contribution in [1.29, 1.82) is 0 Å². The Bertz CT molecular complexity index is 1040. The van der Waals surface area contributed by atoms with E-state index in [0.717, 1.165) is 12.2 Å². The highest BCUT2D eigenvalue weighted by molar-refractivity contribution is 6.55. The number of fused-ring (bicyclic) bond motifs is 1. The molecule has 2 atom stereocenters. The molecule has 2 rings (SSSR count). The summed E-state index contributed by atoms with van der Waals surface area (Å²) < 4.78 is 13.3. The Morgan fingerprint density at radius 1 is 0.812 bits per heavy atom. The van der Waals surface area contributed by atoms with Gasteiger partial charge in [0.05, 0.1) is 44.2 Å². The molecule has 1 aromatic carbocycles. The third kappa shape index (κ3) is 5.34. The van der Waals surface area contributed by atoms with Gasteiger partial charge in [0.1, 0.15) is 12.2 Å². The molecule has 0 bridgehead atoms. The smallest absolute Gasteiger partial charge is 0.330 e. The molecule has 0 saturated carbocycles. The summed E-state index contributed by atoms with van der Waals surface area (Å²) in [6.45, 7) is 10.3. The van der Waals surface area contributed by atoms with Gasteiger partial charge in [-0.3, -0.25) is 9.13 Å². The number of rotatable bonds is 10. The first kappa shape index (κ1) is 26.3. The predicted molar refractivity (Wildman–Crippen MR) is 127 cm³/mol. The normalized spacial score (nSPS) is 12.9. The lowest BCUT2D eigenvalue weighted by atomic mass is 10.2. The summed E-state index contributed by atoms with van der Waals surface area (Å²) in [5.74, 6) is -1.25. The van der Waals surface area contributed by atoms with Crippen LogP contribution in [0, 0.1) is 0 Å². The molecule has 11 heteroatoms. The van der Waals surface area contributed by atoms with Gasteiger partial charge in [-0.2, -0.15) is 0 Å². The highest BCUT2D eigenvalue weighted by Gasteiger charge is 2.27. The number of aromatic nitrogens is 2. The Balaban J connectivity index is 2.72. The van der Waals surface area contributed by atoms with E-state index in [9.17, 15) is 14.4 Å². The lowest BCUT2D eigenvalue weighted by molar-refractivity contribution is -0.144. The predicted octanol–water partition coefficient (Wildman–Crippen LogP) is 5.43. The van der Waals surface area contributed by atoms with E-state index in [2.05, 4.69) is 13.2 Å². The maximum absolute atomic E-state index is 13.4. The maximum atomic E-state index is 13.4. The van der Waals surface area contributed by atoms with E-state index in [1.807, 2.05) is 0 Å². The van der Waals surface area contributed by atoms with Crippen LogP contribution in [0.4, 0.5) is 0 Å². The van der Waals surface area contributed by atoms with Gasteiger partial charge in [-0.1, -0.05) is 73.4 Å². The zero-order chi connectivity index (χ0) is 24.2. The number of halogens is 4. The molecule has 32 heavy (non-hydrogen) atoms. The fourth-order valence-corrected chi connectivity index (χ4v) is 4.15. The minimum absolute atomic E-state index is 0.0157. The molecule has 0 spiro atoms. The van der Waals surface area contributed by atoms with Gasteiger partial charge in [0.15, 0.2) is 0 Å². The van der Waals surface area contributed by atoms with E-state index in [-0.39, 0.29) is 44.2 Å². The van der Waals surface area contributed by atoms with Gasteiger partial charge in [-0.25, -0.2) is 14.4 Å². The third-order valence-corrected chi connectivity index (χ3v) is 6.58. The summed E-state index contributed by atoms with van der Waals surface area (Å²) in [4.78, 5) is 36.8. The zero-order valence-electron chi connectivity index (χ0n) is 17.5. The number of hydrogen-bond acceptors (Lipinski definition) is 5. The van der Waals surface area contributed by atoms with E-state index in [4.69, 9.17) is 55.9 Å². The van der Waals surface area contributed by atoms with Crippen LogP contribution in [-0.2, 0) is 32.2 Å². The molecule has 0 N–H and O–H groups in total. The molecule has 174 valence electrons. The summed E-state index contributed by atoms with van der Waals surface area (Å²) >= 11 is 25.4. The van der Waals surface area contributed by atoms with Crippen molar-refractivity contribution in [3.63, 3.8) is 0 Å². The number of ether oxygens (including phenoxy) is 2. The SMILES string of the molecule is C=CC(=O)OC(CC)Cn1c(=O)n(CC(CC)OC(=O)C=C)c2c(Cl)c(Cl)c(Cl)c(Cl)c21. The van der Waals surface area contributed by atoms with Gasteiger partial charge >= 0.3 is 17.6 Å². The van der Waals surface area contributed by atoms with Gasteiger partial charge < -0.3 is 9.47 Å². The molecule has 0 fully saturated rings.